The van der Waals surface area contributed by atoms with Gasteiger partial charge in [0, 0.05) is 12.2 Å². The van der Waals surface area contributed by atoms with Crippen LogP contribution in [0.3, 0.4) is 0 Å². The Morgan fingerprint density at radius 3 is 2.65 bits per heavy atom. The minimum Gasteiger partial charge on any atom is -0.477 e. The van der Waals surface area contributed by atoms with E-state index in [4.69, 9.17) is 5.11 Å². The molecule has 0 radical (unpaired) electrons. The minimum absolute atomic E-state index is 0.00682. The number of nitrogens with zero attached hydrogens (tertiary/aromatic N) is 2. The lowest BCUT2D eigenvalue weighted by Gasteiger charge is -2.13. The van der Waals surface area contributed by atoms with Crippen LogP contribution >= 0.6 is 0 Å². The van der Waals surface area contributed by atoms with Crippen LogP contribution in [-0.2, 0) is 0 Å². The molecule has 0 saturated carbocycles. The highest BCUT2D eigenvalue weighted by Crippen LogP contribution is 2.15. The molecule has 20 heavy (non-hydrogen) atoms. The molecule has 1 aromatic carbocycles. The van der Waals surface area contributed by atoms with E-state index in [9.17, 15) is 4.79 Å². The second kappa shape index (κ2) is 6.14. The van der Waals surface area contributed by atoms with Crippen molar-refractivity contribution in [2.45, 2.75) is 19.8 Å². The molecule has 0 fully saturated rings. The van der Waals surface area contributed by atoms with Crippen LogP contribution in [0.1, 0.15) is 34.6 Å². The lowest BCUT2D eigenvalue weighted by Crippen LogP contribution is -2.14. The van der Waals surface area contributed by atoms with Gasteiger partial charge in [-0.3, -0.25) is 0 Å². The standard InChI is InChI=1S/C15H17N3O2/c1-10(12-6-4-3-5-7-12)9-16-15-17-11(2)8-13(18-15)14(19)20/h3-8,10H,9H2,1-2H3,(H,19,20)(H,16,17,18). The van der Waals surface area contributed by atoms with Gasteiger partial charge in [0.05, 0.1) is 0 Å². The highest BCUT2D eigenvalue weighted by molar-refractivity contribution is 5.85. The van der Waals surface area contributed by atoms with Crippen LogP contribution in [0.25, 0.3) is 0 Å². The monoisotopic (exact) mass is 271 g/mol. The summed E-state index contributed by atoms with van der Waals surface area (Å²) in [4.78, 5) is 19.1. The molecular formula is C15H17N3O2. The molecule has 5 nitrogen and oxygen atoms in total. The number of nitrogens with one attached hydrogen (secondary N) is 1. The van der Waals surface area contributed by atoms with E-state index in [1.807, 2.05) is 18.2 Å². The SMILES string of the molecule is Cc1cc(C(=O)O)nc(NCC(C)c2ccccc2)n1. The number of carboxylic acid groups (broad SMARTS) is 1. The summed E-state index contributed by atoms with van der Waals surface area (Å²) in [7, 11) is 0. The van der Waals surface area contributed by atoms with Crippen molar-refractivity contribution >= 4 is 11.9 Å². The zero-order chi connectivity index (χ0) is 14.5. The molecule has 2 rings (SSSR count). The van der Waals surface area contributed by atoms with Gasteiger partial charge in [0.1, 0.15) is 0 Å². The molecule has 1 aromatic heterocycles. The molecule has 0 aliphatic carbocycles. The van der Waals surface area contributed by atoms with E-state index in [2.05, 4.69) is 34.3 Å². The molecular weight excluding hydrogens is 254 g/mol. The number of aromatic carboxylic acids is 1. The smallest absolute Gasteiger partial charge is 0.354 e. The maximum Gasteiger partial charge on any atom is 0.354 e. The predicted octanol–water partition coefficient (Wildman–Crippen LogP) is 2.70. The Morgan fingerprint density at radius 1 is 1.30 bits per heavy atom. The third kappa shape index (κ3) is 3.54. The fourth-order valence-corrected chi connectivity index (χ4v) is 1.90. The van der Waals surface area contributed by atoms with Crippen LogP contribution in [0.5, 0.6) is 0 Å². The van der Waals surface area contributed by atoms with Gasteiger partial charge in [-0.05, 0) is 24.5 Å². The third-order valence-corrected chi connectivity index (χ3v) is 3.01. The molecule has 5 heteroatoms. The Labute approximate surface area is 117 Å². The van der Waals surface area contributed by atoms with Gasteiger partial charge in [0.2, 0.25) is 5.95 Å². The Morgan fingerprint density at radius 2 is 2.00 bits per heavy atom. The Kier molecular flexibility index (Phi) is 4.30. The number of hydrogen-bond donors (Lipinski definition) is 2. The first-order valence-electron chi connectivity index (χ1n) is 6.44. The van der Waals surface area contributed by atoms with Crippen molar-refractivity contribution in [1.29, 1.82) is 0 Å². The second-order valence-corrected chi connectivity index (χ2v) is 4.72. The quantitative estimate of drug-likeness (QED) is 0.874. The first-order chi connectivity index (χ1) is 9.56. The van der Waals surface area contributed by atoms with Crippen molar-refractivity contribution in [2.75, 3.05) is 11.9 Å². The Bertz CT molecular complexity index is 599. The summed E-state index contributed by atoms with van der Waals surface area (Å²) >= 11 is 0. The molecule has 0 spiro atoms. The topological polar surface area (TPSA) is 75.1 Å². The second-order valence-electron chi connectivity index (χ2n) is 4.72. The molecule has 104 valence electrons. The van der Waals surface area contributed by atoms with Gasteiger partial charge in [0.25, 0.3) is 0 Å². The number of aryl methyl sites for hydroxylation is 1. The summed E-state index contributed by atoms with van der Waals surface area (Å²) in [5.74, 6) is -0.409. The fraction of sp³-hybridized carbons (Fsp3) is 0.267. The van der Waals surface area contributed by atoms with E-state index in [1.165, 1.54) is 11.6 Å². The van der Waals surface area contributed by atoms with Crippen LogP contribution < -0.4 is 5.32 Å². The average molecular weight is 271 g/mol. The molecule has 1 atom stereocenters. The van der Waals surface area contributed by atoms with Crippen LogP contribution in [0, 0.1) is 6.92 Å². The number of anilines is 1. The van der Waals surface area contributed by atoms with Crippen LogP contribution in [0.4, 0.5) is 5.95 Å². The lowest BCUT2D eigenvalue weighted by atomic mass is 10.0. The summed E-state index contributed by atoms with van der Waals surface area (Å²) < 4.78 is 0. The molecule has 0 amide bonds. The first-order valence-corrected chi connectivity index (χ1v) is 6.44. The van der Waals surface area contributed by atoms with Crippen molar-refractivity contribution in [2.24, 2.45) is 0 Å². The number of aromatic nitrogens is 2. The number of rotatable bonds is 5. The highest BCUT2D eigenvalue weighted by Gasteiger charge is 2.10. The zero-order valence-corrected chi connectivity index (χ0v) is 11.5. The van der Waals surface area contributed by atoms with E-state index < -0.39 is 5.97 Å². The molecule has 0 saturated heterocycles. The van der Waals surface area contributed by atoms with Gasteiger partial charge in [-0.2, -0.15) is 0 Å². The Balaban J connectivity index is 2.06. The van der Waals surface area contributed by atoms with E-state index in [1.54, 1.807) is 6.92 Å². The molecule has 1 heterocycles. The number of carboxylic acids is 1. The molecule has 0 aliphatic heterocycles. The van der Waals surface area contributed by atoms with Gasteiger partial charge in [-0.25, -0.2) is 14.8 Å². The first kappa shape index (κ1) is 14.0. The number of carbonyl (C=O) groups is 1. The van der Waals surface area contributed by atoms with Crippen LogP contribution in [-0.4, -0.2) is 27.6 Å². The molecule has 0 aliphatic rings. The predicted molar refractivity (Wildman–Crippen MR) is 77.1 cm³/mol. The lowest BCUT2D eigenvalue weighted by molar-refractivity contribution is 0.0690. The average Bonchev–Trinajstić information content (AvgIpc) is 2.45. The fourth-order valence-electron chi connectivity index (χ4n) is 1.90. The molecule has 1 unspecified atom stereocenters. The van der Waals surface area contributed by atoms with Crippen molar-refractivity contribution in [3.63, 3.8) is 0 Å². The van der Waals surface area contributed by atoms with E-state index in [-0.39, 0.29) is 11.6 Å². The summed E-state index contributed by atoms with van der Waals surface area (Å²) in [6.45, 7) is 4.49. The Hall–Kier alpha value is -2.43. The van der Waals surface area contributed by atoms with E-state index in [0.717, 1.165) is 0 Å². The van der Waals surface area contributed by atoms with Crippen molar-refractivity contribution in [3.05, 3.63) is 53.3 Å². The van der Waals surface area contributed by atoms with Crippen molar-refractivity contribution < 1.29 is 9.90 Å². The number of hydrogen-bond acceptors (Lipinski definition) is 4. The third-order valence-electron chi connectivity index (χ3n) is 3.01. The molecule has 2 N–H and O–H groups in total. The van der Waals surface area contributed by atoms with Crippen molar-refractivity contribution in [3.8, 4) is 0 Å². The maximum absolute atomic E-state index is 10.9. The van der Waals surface area contributed by atoms with Gasteiger partial charge < -0.3 is 10.4 Å². The van der Waals surface area contributed by atoms with E-state index >= 15 is 0 Å². The summed E-state index contributed by atoms with van der Waals surface area (Å²) in [6.07, 6.45) is 0. The van der Waals surface area contributed by atoms with Gasteiger partial charge in [-0.1, -0.05) is 37.3 Å². The molecule has 2 aromatic rings. The summed E-state index contributed by atoms with van der Waals surface area (Å²) in [6, 6.07) is 11.5. The van der Waals surface area contributed by atoms with Gasteiger partial charge in [-0.15, -0.1) is 0 Å². The summed E-state index contributed by atoms with van der Waals surface area (Å²) in [5, 5.41) is 12.1. The number of benzene rings is 1. The van der Waals surface area contributed by atoms with Crippen LogP contribution in [0.15, 0.2) is 36.4 Å². The maximum atomic E-state index is 10.9. The van der Waals surface area contributed by atoms with E-state index in [0.29, 0.717) is 18.2 Å². The van der Waals surface area contributed by atoms with Gasteiger partial charge in [0.15, 0.2) is 5.69 Å². The zero-order valence-electron chi connectivity index (χ0n) is 11.5. The highest BCUT2D eigenvalue weighted by atomic mass is 16.4. The van der Waals surface area contributed by atoms with Crippen molar-refractivity contribution in [1.82, 2.24) is 9.97 Å². The largest absolute Gasteiger partial charge is 0.477 e. The van der Waals surface area contributed by atoms with Crippen LogP contribution in [0.2, 0.25) is 0 Å². The van der Waals surface area contributed by atoms with Gasteiger partial charge >= 0.3 is 5.97 Å². The normalized spacial score (nSPS) is 11.9. The minimum atomic E-state index is -1.05. The summed E-state index contributed by atoms with van der Waals surface area (Å²) in [5.41, 5.74) is 1.85. The molecule has 0 bridgehead atoms.